The van der Waals surface area contributed by atoms with Crippen LogP contribution in [0.3, 0.4) is 0 Å². The minimum atomic E-state index is -0.370. The molecule has 0 amide bonds. The standard InChI is InChI=1S/C13H19FN2O3/c1-17-11-5-10(8(14)4-9(11)15)16-6-12(18-2)13(7-16)19-3/h4-5,12-13H,6-7,15H2,1-3H3. The topological polar surface area (TPSA) is 57.0 Å². The lowest BCUT2D eigenvalue weighted by molar-refractivity contribution is -0.00461. The van der Waals surface area contributed by atoms with E-state index in [0.29, 0.717) is 24.5 Å². The molecule has 2 rings (SSSR count). The van der Waals surface area contributed by atoms with E-state index >= 15 is 0 Å². The van der Waals surface area contributed by atoms with Crippen molar-refractivity contribution in [2.24, 2.45) is 0 Å². The first kappa shape index (κ1) is 13.9. The second-order valence-corrected chi connectivity index (χ2v) is 4.50. The van der Waals surface area contributed by atoms with E-state index in [9.17, 15) is 4.39 Å². The van der Waals surface area contributed by atoms with Crippen molar-refractivity contribution in [3.05, 3.63) is 17.9 Å². The van der Waals surface area contributed by atoms with Crippen LogP contribution in [0.4, 0.5) is 15.8 Å². The molecular formula is C13H19FN2O3. The number of nitrogen functional groups attached to an aromatic ring is 1. The Morgan fingerprint density at radius 1 is 1.16 bits per heavy atom. The molecule has 1 aromatic rings. The molecule has 1 fully saturated rings. The lowest BCUT2D eigenvalue weighted by atomic mass is 10.2. The molecule has 1 aliphatic rings. The van der Waals surface area contributed by atoms with E-state index < -0.39 is 0 Å². The summed E-state index contributed by atoms with van der Waals surface area (Å²) >= 11 is 0. The highest BCUT2D eigenvalue weighted by Crippen LogP contribution is 2.33. The number of anilines is 2. The van der Waals surface area contributed by atoms with Gasteiger partial charge in [0.05, 0.1) is 18.5 Å². The van der Waals surface area contributed by atoms with Gasteiger partial charge in [-0.3, -0.25) is 0 Å². The van der Waals surface area contributed by atoms with Crippen LogP contribution in [0.2, 0.25) is 0 Å². The fraction of sp³-hybridized carbons (Fsp3) is 0.538. The third kappa shape index (κ3) is 2.59. The number of methoxy groups -OCH3 is 3. The van der Waals surface area contributed by atoms with Crippen molar-refractivity contribution >= 4 is 11.4 Å². The molecule has 1 aliphatic heterocycles. The lowest BCUT2D eigenvalue weighted by Crippen LogP contribution is -2.27. The van der Waals surface area contributed by atoms with Crippen molar-refractivity contribution < 1.29 is 18.6 Å². The Bertz CT molecular complexity index is 444. The van der Waals surface area contributed by atoms with Gasteiger partial charge in [0, 0.05) is 39.4 Å². The van der Waals surface area contributed by atoms with E-state index in [1.165, 1.54) is 13.2 Å². The zero-order valence-electron chi connectivity index (χ0n) is 11.4. The minimum absolute atomic E-state index is 0.0760. The van der Waals surface area contributed by atoms with Gasteiger partial charge in [-0.15, -0.1) is 0 Å². The summed E-state index contributed by atoms with van der Waals surface area (Å²) < 4.78 is 29.8. The first-order valence-corrected chi connectivity index (χ1v) is 6.04. The number of nitrogens with zero attached hydrogens (tertiary/aromatic N) is 1. The fourth-order valence-electron chi connectivity index (χ4n) is 2.37. The van der Waals surface area contributed by atoms with Crippen molar-refractivity contribution in [2.75, 3.05) is 45.1 Å². The molecular weight excluding hydrogens is 251 g/mol. The molecule has 2 N–H and O–H groups in total. The zero-order valence-corrected chi connectivity index (χ0v) is 11.4. The van der Waals surface area contributed by atoms with Gasteiger partial charge in [0.25, 0.3) is 0 Å². The number of halogens is 1. The molecule has 0 saturated carbocycles. The van der Waals surface area contributed by atoms with Crippen LogP contribution < -0.4 is 15.4 Å². The average Bonchev–Trinajstić information content (AvgIpc) is 2.82. The summed E-state index contributed by atoms with van der Waals surface area (Å²) in [4.78, 5) is 1.87. The summed E-state index contributed by atoms with van der Waals surface area (Å²) in [6.45, 7) is 1.14. The SMILES string of the molecule is COc1cc(N2CC(OC)C(OC)C2)c(F)cc1N. The van der Waals surface area contributed by atoms with E-state index in [1.54, 1.807) is 20.3 Å². The number of benzene rings is 1. The van der Waals surface area contributed by atoms with E-state index in [1.807, 2.05) is 4.90 Å². The highest BCUT2D eigenvalue weighted by molar-refractivity contribution is 5.63. The first-order valence-electron chi connectivity index (χ1n) is 6.04. The van der Waals surface area contributed by atoms with E-state index in [2.05, 4.69) is 0 Å². The maximum atomic E-state index is 14.0. The van der Waals surface area contributed by atoms with Gasteiger partial charge >= 0.3 is 0 Å². The van der Waals surface area contributed by atoms with E-state index in [0.717, 1.165) is 0 Å². The molecule has 0 radical (unpaired) electrons. The summed E-state index contributed by atoms with van der Waals surface area (Å²) in [6.07, 6.45) is -0.152. The number of rotatable bonds is 4. The van der Waals surface area contributed by atoms with E-state index in [-0.39, 0.29) is 23.7 Å². The van der Waals surface area contributed by atoms with Gasteiger partial charge in [-0.2, -0.15) is 0 Å². The molecule has 0 bridgehead atoms. The quantitative estimate of drug-likeness (QED) is 0.835. The molecule has 106 valence electrons. The average molecular weight is 270 g/mol. The molecule has 2 unspecified atom stereocenters. The van der Waals surface area contributed by atoms with Crippen LogP contribution >= 0.6 is 0 Å². The van der Waals surface area contributed by atoms with Crippen LogP contribution in [0.25, 0.3) is 0 Å². The van der Waals surface area contributed by atoms with E-state index in [4.69, 9.17) is 19.9 Å². The van der Waals surface area contributed by atoms with Crippen LogP contribution in [-0.2, 0) is 9.47 Å². The molecule has 19 heavy (non-hydrogen) atoms. The smallest absolute Gasteiger partial charge is 0.148 e. The second-order valence-electron chi connectivity index (χ2n) is 4.50. The predicted octanol–water partition coefficient (Wildman–Crippen LogP) is 1.27. The third-order valence-electron chi connectivity index (χ3n) is 3.46. The van der Waals surface area contributed by atoms with Crippen molar-refractivity contribution in [3.8, 4) is 5.75 Å². The maximum Gasteiger partial charge on any atom is 0.148 e. The van der Waals surface area contributed by atoms with Crippen LogP contribution in [0.15, 0.2) is 12.1 Å². The third-order valence-corrected chi connectivity index (χ3v) is 3.46. The molecule has 0 aromatic heterocycles. The Morgan fingerprint density at radius 3 is 2.21 bits per heavy atom. The van der Waals surface area contributed by atoms with Crippen LogP contribution in [0.1, 0.15) is 0 Å². The highest BCUT2D eigenvalue weighted by atomic mass is 19.1. The second kappa shape index (κ2) is 5.63. The van der Waals surface area contributed by atoms with Crippen LogP contribution in [-0.4, -0.2) is 46.6 Å². The zero-order chi connectivity index (χ0) is 14.0. The fourth-order valence-corrected chi connectivity index (χ4v) is 2.37. The van der Waals surface area contributed by atoms with Crippen LogP contribution in [0.5, 0.6) is 5.75 Å². The van der Waals surface area contributed by atoms with Gasteiger partial charge < -0.3 is 24.8 Å². The molecule has 5 nitrogen and oxygen atoms in total. The van der Waals surface area contributed by atoms with Crippen molar-refractivity contribution in [1.29, 1.82) is 0 Å². The molecule has 0 aliphatic carbocycles. The largest absolute Gasteiger partial charge is 0.495 e. The summed E-state index contributed by atoms with van der Waals surface area (Å²) in [7, 11) is 4.76. The lowest BCUT2D eigenvalue weighted by Gasteiger charge is -2.20. The van der Waals surface area contributed by atoms with Crippen molar-refractivity contribution in [3.63, 3.8) is 0 Å². The monoisotopic (exact) mass is 270 g/mol. The van der Waals surface area contributed by atoms with Gasteiger partial charge in [-0.1, -0.05) is 0 Å². The van der Waals surface area contributed by atoms with Gasteiger partial charge in [-0.05, 0) is 0 Å². The van der Waals surface area contributed by atoms with Gasteiger partial charge in [0.2, 0.25) is 0 Å². The predicted molar refractivity (Wildman–Crippen MR) is 71.2 cm³/mol. The van der Waals surface area contributed by atoms with Gasteiger partial charge in [0.15, 0.2) is 0 Å². The molecule has 0 spiro atoms. The molecule has 1 heterocycles. The molecule has 6 heteroatoms. The maximum absolute atomic E-state index is 14.0. The Labute approximate surface area is 112 Å². The number of hydrogen-bond donors (Lipinski definition) is 1. The molecule has 1 saturated heterocycles. The minimum Gasteiger partial charge on any atom is -0.495 e. The summed E-state index contributed by atoms with van der Waals surface area (Å²) in [5, 5.41) is 0. The van der Waals surface area contributed by atoms with Crippen molar-refractivity contribution in [2.45, 2.75) is 12.2 Å². The summed E-state index contributed by atoms with van der Waals surface area (Å²) in [5.74, 6) is 0.0936. The van der Waals surface area contributed by atoms with Crippen LogP contribution in [0, 0.1) is 5.82 Å². The first-order chi connectivity index (χ1) is 9.10. The molecule has 1 aromatic carbocycles. The highest BCUT2D eigenvalue weighted by Gasteiger charge is 2.34. The number of nitrogens with two attached hydrogens (primary N) is 1. The Kier molecular flexibility index (Phi) is 4.11. The summed E-state index contributed by atoms with van der Waals surface area (Å²) in [6, 6.07) is 2.88. The normalized spacial score (nSPS) is 22.8. The van der Waals surface area contributed by atoms with Crippen molar-refractivity contribution in [1.82, 2.24) is 0 Å². The van der Waals surface area contributed by atoms with Gasteiger partial charge in [0.1, 0.15) is 23.8 Å². The Hall–Kier alpha value is -1.53. The Morgan fingerprint density at radius 2 is 1.74 bits per heavy atom. The summed E-state index contributed by atoms with van der Waals surface area (Å²) in [5.41, 5.74) is 6.41. The molecule has 2 atom stereocenters. The number of ether oxygens (including phenoxy) is 3. The van der Waals surface area contributed by atoms with Gasteiger partial charge in [-0.25, -0.2) is 4.39 Å². The Balaban J connectivity index is 2.28. The number of hydrogen-bond acceptors (Lipinski definition) is 5.